The summed E-state index contributed by atoms with van der Waals surface area (Å²) in [6, 6.07) is 17.5. The van der Waals surface area contributed by atoms with Gasteiger partial charge in [-0.1, -0.05) is 46.6 Å². The standard InChI is InChI=1S/C29H27BrN2O5/c1-4-20-13-19(3)14-24(15-20)36-11-12-37-26-10-7-22(30)16-21(26)17-25-27(33)31-29(35)32(28(25)34)23-8-5-18(2)6-9-23/h5-10,13-17H,4,11-12H2,1-3H3,(H,31,33,35). The summed E-state index contributed by atoms with van der Waals surface area (Å²) in [7, 11) is 0. The molecule has 3 aromatic carbocycles. The van der Waals surface area contributed by atoms with Gasteiger partial charge in [0.1, 0.15) is 30.3 Å². The van der Waals surface area contributed by atoms with E-state index in [0.29, 0.717) is 23.6 Å². The van der Waals surface area contributed by atoms with Gasteiger partial charge in [-0.2, -0.15) is 0 Å². The number of anilines is 1. The molecule has 1 aliphatic rings. The molecule has 0 atom stereocenters. The number of ether oxygens (including phenoxy) is 2. The zero-order valence-corrected chi connectivity index (χ0v) is 22.4. The number of benzene rings is 3. The van der Waals surface area contributed by atoms with E-state index in [1.807, 2.05) is 26.0 Å². The van der Waals surface area contributed by atoms with E-state index in [9.17, 15) is 14.4 Å². The van der Waals surface area contributed by atoms with Gasteiger partial charge in [0.25, 0.3) is 11.8 Å². The van der Waals surface area contributed by atoms with E-state index in [0.717, 1.165) is 32.7 Å². The van der Waals surface area contributed by atoms with Crippen LogP contribution < -0.4 is 19.7 Å². The van der Waals surface area contributed by atoms with Crippen LogP contribution in [0.5, 0.6) is 11.5 Å². The number of nitrogens with zero attached hydrogens (tertiary/aromatic N) is 1. The van der Waals surface area contributed by atoms with Gasteiger partial charge in [-0.3, -0.25) is 14.9 Å². The van der Waals surface area contributed by atoms with Crippen LogP contribution in [0.2, 0.25) is 0 Å². The summed E-state index contributed by atoms with van der Waals surface area (Å²) in [5.41, 5.74) is 4.02. The summed E-state index contributed by atoms with van der Waals surface area (Å²) < 4.78 is 12.6. The van der Waals surface area contributed by atoms with Crippen LogP contribution in [0.4, 0.5) is 10.5 Å². The van der Waals surface area contributed by atoms with Crippen molar-refractivity contribution in [1.82, 2.24) is 5.32 Å². The molecule has 4 rings (SSSR count). The Balaban J connectivity index is 1.53. The summed E-state index contributed by atoms with van der Waals surface area (Å²) in [4.78, 5) is 39.3. The molecule has 1 N–H and O–H groups in total. The number of nitrogens with one attached hydrogen (secondary N) is 1. The van der Waals surface area contributed by atoms with Crippen LogP contribution >= 0.6 is 15.9 Å². The molecule has 0 spiro atoms. The molecule has 1 saturated heterocycles. The van der Waals surface area contributed by atoms with Gasteiger partial charge in [0, 0.05) is 10.0 Å². The second kappa shape index (κ2) is 11.4. The highest BCUT2D eigenvalue weighted by molar-refractivity contribution is 9.10. The fourth-order valence-corrected chi connectivity index (χ4v) is 4.31. The van der Waals surface area contributed by atoms with Gasteiger partial charge >= 0.3 is 6.03 Å². The van der Waals surface area contributed by atoms with Gasteiger partial charge in [0.2, 0.25) is 0 Å². The maximum Gasteiger partial charge on any atom is 0.335 e. The Morgan fingerprint density at radius 2 is 1.62 bits per heavy atom. The maximum absolute atomic E-state index is 13.2. The van der Waals surface area contributed by atoms with Gasteiger partial charge in [-0.25, -0.2) is 9.69 Å². The first-order valence-electron chi connectivity index (χ1n) is 11.9. The molecule has 7 nitrogen and oxygen atoms in total. The SMILES string of the molecule is CCc1cc(C)cc(OCCOc2ccc(Br)cc2C=C2C(=O)NC(=O)N(c3ccc(C)cc3)C2=O)c1. The van der Waals surface area contributed by atoms with E-state index in [1.54, 1.807) is 42.5 Å². The van der Waals surface area contributed by atoms with Crippen molar-refractivity contribution >= 4 is 45.5 Å². The molecule has 1 aliphatic heterocycles. The molecule has 0 radical (unpaired) electrons. The van der Waals surface area contributed by atoms with E-state index in [4.69, 9.17) is 9.47 Å². The van der Waals surface area contributed by atoms with E-state index >= 15 is 0 Å². The second-order valence-electron chi connectivity index (χ2n) is 8.68. The Labute approximate surface area is 224 Å². The number of aryl methyl sites for hydroxylation is 3. The van der Waals surface area contributed by atoms with Crippen LogP contribution in [0.1, 0.15) is 29.2 Å². The lowest BCUT2D eigenvalue weighted by atomic mass is 10.1. The zero-order chi connectivity index (χ0) is 26.5. The molecule has 3 aromatic rings. The Kier molecular flexibility index (Phi) is 8.08. The molecular weight excluding hydrogens is 536 g/mol. The molecule has 190 valence electrons. The van der Waals surface area contributed by atoms with Gasteiger partial charge in [0.05, 0.1) is 5.69 Å². The highest BCUT2D eigenvalue weighted by Crippen LogP contribution is 2.28. The van der Waals surface area contributed by atoms with Crippen LogP contribution in [0, 0.1) is 13.8 Å². The van der Waals surface area contributed by atoms with Crippen molar-refractivity contribution in [3.05, 3.63) is 93.0 Å². The third kappa shape index (κ3) is 6.27. The molecule has 0 bridgehead atoms. The molecule has 4 amide bonds. The number of carbonyl (C=O) groups excluding carboxylic acids is 3. The first kappa shape index (κ1) is 26.2. The number of rotatable bonds is 8. The topological polar surface area (TPSA) is 84.9 Å². The number of carbonyl (C=O) groups is 3. The predicted octanol–water partition coefficient (Wildman–Crippen LogP) is 5.75. The quantitative estimate of drug-likeness (QED) is 0.214. The number of halogens is 1. The lowest BCUT2D eigenvalue weighted by Gasteiger charge is -2.26. The first-order valence-corrected chi connectivity index (χ1v) is 12.7. The van der Waals surface area contributed by atoms with Crippen LogP contribution in [0.15, 0.2) is 70.7 Å². The first-order chi connectivity index (χ1) is 17.7. The summed E-state index contributed by atoms with van der Waals surface area (Å²) in [5.74, 6) is -0.224. The van der Waals surface area contributed by atoms with Crippen molar-refractivity contribution in [3.8, 4) is 11.5 Å². The molecular formula is C29H27BrN2O5. The third-order valence-corrected chi connectivity index (χ3v) is 6.29. The summed E-state index contributed by atoms with van der Waals surface area (Å²) in [6.45, 7) is 6.59. The van der Waals surface area contributed by atoms with Gasteiger partial charge in [-0.05, 0) is 79.9 Å². The molecule has 0 saturated carbocycles. The van der Waals surface area contributed by atoms with Crippen LogP contribution in [-0.2, 0) is 16.0 Å². The molecule has 1 fully saturated rings. The smallest absolute Gasteiger partial charge is 0.335 e. The molecule has 0 aliphatic carbocycles. The number of barbiturate groups is 1. The minimum absolute atomic E-state index is 0.175. The molecule has 37 heavy (non-hydrogen) atoms. The second-order valence-corrected chi connectivity index (χ2v) is 9.60. The number of amides is 4. The Morgan fingerprint density at radius 3 is 2.35 bits per heavy atom. The maximum atomic E-state index is 13.2. The fourth-order valence-electron chi connectivity index (χ4n) is 3.93. The minimum Gasteiger partial charge on any atom is -0.490 e. The average molecular weight is 563 g/mol. The van der Waals surface area contributed by atoms with E-state index in [-0.39, 0.29) is 12.2 Å². The Hall–Kier alpha value is -3.91. The molecule has 0 aromatic heterocycles. The summed E-state index contributed by atoms with van der Waals surface area (Å²) in [6.07, 6.45) is 2.35. The lowest BCUT2D eigenvalue weighted by Crippen LogP contribution is -2.54. The molecule has 1 heterocycles. The normalized spacial score (nSPS) is 14.6. The highest BCUT2D eigenvalue weighted by atomic mass is 79.9. The number of urea groups is 1. The van der Waals surface area contributed by atoms with Gasteiger partial charge in [0.15, 0.2) is 0 Å². The van der Waals surface area contributed by atoms with Crippen LogP contribution in [0.3, 0.4) is 0 Å². The van der Waals surface area contributed by atoms with Gasteiger partial charge in [-0.15, -0.1) is 0 Å². The minimum atomic E-state index is -0.791. The van der Waals surface area contributed by atoms with Crippen molar-refractivity contribution in [3.63, 3.8) is 0 Å². The molecule has 0 unspecified atom stereocenters. The van der Waals surface area contributed by atoms with Gasteiger partial charge < -0.3 is 9.47 Å². The van der Waals surface area contributed by atoms with Crippen molar-refractivity contribution in [1.29, 1.82) is 0 Å². The van der Waals surface area contributed by atoms with Crippen molar-refractivity contribution < 1.29 is 23.9 Å². The van der Waals surface area contributed by atoms with Crippen molar-refractivity contribution in [2.45, 2.75) is 27.2 Å². The van der Waals surface area contributed by atoms with E-state index in [1.165, 1.54) is 11.6 Å². The predicted molar refractivity (Wildman–Crippen MR) is 146 cm³/mol. The average Bonchev–Trinajstić information content (AvgIpc) is 2.86. The molecule has 8 heteroatoms. The highest BCUT2D eigenvalue weighted by Gasteiger charge is 2.37. The fraction of sp³-hybridized carbons (Fsp3) is 0.207. The van der Waals surface area contributed by atoms with E-state index < -0.39 is 17.8 Å². The lowest BCUT2D eigenvalue weighted by molar-refractivity contribution is -0.122. The number of hydrogen-bond acceptors (Lipinski definition) is 5. The Morgan fingerprint density at radius 1 is 0.892 bits per heavy atom. The largest absolute Gasteiger partial charge is 0.490 e. The third-order valence-electron chi connectivity index (χ3n) is 5.79. The summed E-state index contributed by atoms with van der Waals surface area (Å²) >= 11 is 3.43. The van der Waals surface area contributed by atoms with Crippen LogP contribution in [-0.4, -0.2) is 31.1 Å². The number of hydrogen-bond donors (Lipinski definition) is 1. The Bertz CT molecular complexity index is 1380. The zero-order valence-electron chi connectivity index (χ0n) is 20.8. The van der Waals surface area contributed by atoms with Crippen LogP contribution in [0.25, 0.3) is 6.08 Å². The van der Waals surface area contributed by atoms with Crippen molar-refractivity contribution in [2.75, 3.05) is 18.1 Å². The number of imide groups is 2. The van der Waals surface area contributed by atoms with E-state index in [2.05, 4.69) is 34.2 Å². The summed E-state index contributed by atoms with van der Waals surface area (Å²) in [5, 5.41) is 2.25. The van der Waals surface area contributed by atoms with Crippen molar-refractivity contribution in [2.24, 2.45) is 0 Å². The monoisotopic (exact) mass is 562 g/mol.